The van der Waals surface area contributed by atoms with Crippen molar-refractivity contribution in [2.24, 2.45) is 0 Å². The summed E-state index contributed by atoms with van der Waals surface area (Å²) in [6, 6.07) is 9.41. The van der Waals surface area contributed by atoms with Crippen molar-refractivity contribution in [3.05, 3.63) is 56.8 Å². The van der Waals surface area contributed by atoms with E-state index < -0.39 is 4.92 Å². The van der Waals surface area contributed by atoms with Gasteiger partial charge in [-0.15, -0.1) is 0 Å². The summed E-state index contributed by atoms with van der Waals surface area (Å²) in [7, 11) is 0. The summed E-state index contributed by atoms with van der Waals surface area (Å²) in [6.07, 6.45) is 0. The van der Waals surface area contributed by atoms with E-state index in [-0.39, 0.29) is 28.8 Å². The first-order valence-corrected chi connectivity index (χ1v) is 5.54. The van der Waals surface area contributed by atoms with E-state index >= 15 is 0 Å². The third kappa shape index (κ3) is 2.84. The van der Waals surface area contributed by atoms with Crippen molar-refractivity contribution < 1.29 is 14.1 Å². The molecule has 2 rings (SSSR count). The maximum atomic E-state index is 10.4. The van der Waals surface area contributed by atoms with Gasteiger partial charge in [0.15, 0.2) is 0 Å². The van der Waals surface area contributed by atoms with E-state index in [0.717, 1.165) is 0 Å². The zero-order chi connectivity index (χ0) is 13.8. The van der Waals surface area contributed by atoms with E-state index in [2.05, 4.69) is 0 Å². The van der Waals surface area contributed by atoms with E-state index in [4.69, 9.17) is 26.0 Å². The molecule has 1 aromatic carbocycles. The molecule has 6 nitrogen and oxygen atoms in total. The highest BCUT2D eigenvalue weighted by Gasteiger charge is 2.13. The molecular formula is C12H7ClN2O4. The molecule has 0 amide bonds. The van der Waals surface area contributed by atoms with Gasteiger partial charge in [0.25, 0.3) is 0 Å². The van der Waals surface area contributed by atoms with Crippen molar-refractivity contribution in [1.29, 1.82) is 5.26 Å². The van der Waals surface area contributed by atoms with E-state index in [1.54, 1.807) is 18.2 Å². The second-order valence-electron chi connectivity index (χ2n) is 3.51. The number of furan rings is 1. The predicted molar refractivity (Wildman–Crippen MR) is 65.9 cm³/mol. The molecule has 0 aliphatic rings. The fourth-order valence-electron chi connectivity index (χ4n) is 1.42. The lowest BCUT2D eigenvalue weighted by atomic mass is 10.2. The molecule has 0 atom stereocenters. The largest absolute Gasteiger partial charge is 0.484 e. The quantitative estimate of drug-likeness (QED) is 0.632. The summed E-state index contributed by atoms with van der Waals surface area (Å²) in [5.41, 5.74) is 0.213. The minimum atomic E-state index is -0.635. The normalized spacial score (nSPS) is 9.89. The lowest BCUT2D eigenvalue weighted by Gasteiger charge is -2.06. The number of halogens is 1. The molecule has 0 bridgehead atoms. The highest BCUT2D eigenvalue weighted by molar-refractivity contribution is 6.31. The molecule has 2 aromatic rings. The summed E-state index contributed by atoms with van der Waals surface area (Å²) in [5, 5.41) is 19.7. The number of hydrogen-bond acceptors (Lipinski definition) is 5. The molecule has 0 N–H and O–H groups in total. The van der Waals surface area contributed by atoms with Crippen LogP contribution >= 0.6 is 11.6 Å². The first kappa shape index (κ1) is 12.9. The van der Waals surface area contributed by atoms with Crippen molar-refractivity contribution in [2.75, 3.05) is 0 Å². The zero-order valence-corrected chi connectivity index (χ0v) is 10.3. The first-order valence-electron chi connectivity index (χ1n) is 5.16. The van der Waals surface area contributed by atoms with Crippen LogP contribution in [0.5, 0.6) is 5.75 Å². The van der Waals surface area contributed by atoms with E-state index in [1.165, 1.54) is 12.1 Å². The molecule has 7 heteroatoms. The molecule has 0 aliphatic heterocycles. The van der Waals surface area contributed by atoms with Crippen molar-refractivity contribution in [3.63, 3.8) is 0 Å². The van der Waals surface area contributed by atoms with E-state index in [0.29, 0.717) is 5.75 Å². The summed E-state index contributed by atoms with van der Waals surface area (Å²) < 4.78 is 10.3. The van der Waals surface area contributed by atoms with Crippen molar-refractivity contribution in [2.45, 2.75) is 6.61 Å². The molecule has 0 unspecified atom stereocenters. The molecule has 1 heterocycles. The highest BCUT2D eigenvalue weighted by Crippen LogP contribution is 2.26. The molecule has 0 saturated carbocycles. The van der Waals surface area contributed by atoms with Gasteiger partial charge in [0.2, 0.25) is 0 Å². The molecule has 0 spiro atoms. The van der Waals surface area contributed by atoms with Crippen molar-refractivity contribution in [1.82, 2.24) is 0 Å². The van der Waals surface area contributed by atoms with E-state index in [9.17, 15) is 10.1 Å². The van der Waals surface area contributed by atoms with Crippen molar-refractivity contribution >= 4 is 17.5 Å². The Morgan fingerprint density at radius 1 is 1.42 bits per heavy atom. The molecular weight excluding hydrogens is 272 g/mol. The zero-order valence-electron chi connectivity index (χ0n) is 9.50. The van der Waals surface area contributed by atoms with Gasteiger partial charge in [-0.05, 0) is 18.2 Å². The lowest BCUT2D eigenvalue weighted by Crippen LogP contribution is -1.96. The Bertz CT molecular complexity index is 660. The summed E-state index contributed by atoms with van der Waals surface area (Å²) in [6.45, 7) is -0.0249. The van der Waals surface area contributed by atoms with Crippen LogP contribution in [0.2, 0.25) is 5.02 Å². The van der Waals surface area contributed by atoms with Crippen LogP contribution in [-0.2, 0) is 6.61 Å². The Morgan fingerprint density at radius 2 is 2.21 bits per heavy atom. The van der Waals surface area contributed by atoms with Gasteiger partial charge >= 0.3 is 5.88 Å². The number of ether oxygens (including phenoxy) is 1. The van der Waals surface area contributed by atoms with Gasteiger partial charge in [-0.25, -0.2) is 0 Å². The molecule has 0 aliphatic carbocycles. The number of nitrogens with zero attached hydrogens (tertiary/aromatic N) is 2. The third-order valence-corrected chi connectivity index (χ3v) is 2.60. The molecule has 96 valence electrons. The minimum Gasteiger partial charge on any atom is -0.484 e. The average molecular weight is 279 g/mol. The molecule has 19 heavy (non-hydrogen) atoms. The Hall–Kier alpha value is -2.52. The van der Waals surface area contributed by atoms with Gasteiger partial charge in [-0.1, -0.05) is 17.7 Å². The van der Waals surface area contributed by atoms with Gasteiger partial charge in [0.1, 0.15) is 34.7 Å². The molecule has 0 radical (unpaired) electrons. The Morgan fingerprint density at radius 3 is 2.84 bits per heavy atom. The molecule has 0 fully saturated rings. The van der Waals surface area contributed by atoms with Crippen LogP contribution in [0.1, 0.15) is 11.3 Å². The summed E-state index contributed by atoms with van der Waals surface area (Å²) >= 11 is 5.84. The first-order chi connectivity index (χ1) is 9.11. The summed E-state index contributed by atoms with van der Waals surface area (Å²) in [5.74, 6) is 0.231. The fourth-order valence-corrected chi connectivity index (χ4v) is 1.63. The van der Waals surface area contributed by atoms with Crippen molar-refractivity contribution in [3.8, 4) is 11.8 Å². The van der Waals surface area contributed by atoms with Crippen LogP contribution in [-0.4, -0.2) is 4.92 Å². The minimum absolute atomic E-state index is 0.0249. The second-order valence-corrected chi connectivity index (χ2v) is 3.92. The van der Waals surface area contributed by atoms with E-state index in [1.807, 2.05) is 6.07 Å². The Kier molecular flexibility index (Phi) is 3.68. The van der Waals surface area contributed by atoms with Crippen LogP contribution < -0.4 is 4.74 Å². The van der Waals surface area contributed by atoms with Gasteiger partial charge < -0.3 is 9.15 Å². The number of nitro groups is 1. The number of rotatable bonds is 4. The highest BCUT2D eigenvalue weighted by atomic mass is 35.5. The van der Waals surface area contributed by atoms with Gasteiger partial charge in [-0.2, -0.15) is 5.26 Å². The van der Waals surface area contributed by atoms with Gasteiger partial charge in [0.05, 0.1) is 11.1 Å². The van der Waals surface area contributed by atoms with Crippen LogP contribution in [0.4, 0.5) is 5.88 Å². The number of benzene rings is 1. The van der Waals surface area contributed by atoms with Crippen LogP contribution in [0.3, 0.4) is 0 Å². The average Bonchev–Trinajstić information content (AvgIpc) is 2.85. The topological polar surface area (TPSA) is 89.3 Å². The number of hydrogen-bond donors (Lipinski definition) is 0. The third-order valence-electron chi connectivity index (χ3n) is 2.28. The van der Waals surface area contributed by atoms with Crippen LogP contribution in [0.25, 0.3) is 0 Å². The maximum Gasteiger partial charge on any atom is 0.433 e. The predicted octanol–water partition coefficient (Wildman–Crippen LogP) is 3.29. The Balaban J connectivity index is 2.12. The number of nitriles is 1. The fraction of sp³-hybridized carbons (Fsp3) is 0.0833. The standard InChI is InChI=1S/C12H7ClN2O4/c13-10-2-1-3-11(9(10)6-14)18-7-8-4-5-12(19-8)15(16)17/h1-5H,7H2. The van der Waals surface area contributed by atoms with Gasteiger partial charge in [0, 0.05) is 0 Å². The smallest absolute Gasteiger partial charge is 0.433 e. The summed E-state index contributed by atoms with van der Waals surface area (Å²) in [4.78, 5) is 9.81. The van der Waals surface area contributed by atoms with Crippen LogP contribution in [0, 0.1) is 21.4 Å². The monoisotopic (exact) mass is 278 g/mol. The Labute approximate surface area is 112 Å². The second kappa shape index (κ2) is 5.42. The molecule has 1 aromatic heterocycles. The maximum absolute atomic E-state index is 10.4. The lowest BCUT2D eigenvalue weighted by molar-refractivity contribution is -0.402. The SMILES string of the molecule is N#Cc1c(Cl)cccc1OCc1ccc([N+](=O)[O-])o1. The van der Waals surface area contributed by atoms with Gasteiger partial charge in [-0.3, -0.25) is 10.1 Å². The molecule has 0 saturated heterocycles. The van der Waals surface area contributed by atoms with Crippen LogP contribution in [0.15, 0.2) is 34.7 Å².